The van der Waals surface area contributed by atoms with E-state index >= 15 is 0 Å². The van der Waals surface area contributed by atoms with Crippen molar-refractivity contribution in [3.63, 3.8) is 0 Å². The number of carboxylic acids is 1. The van der Waals surface area contributed by atoms with Gasteiger partial charge in [-0.05, 0) is 29.8 Å². The summed E-state index contributed by atoms with van der Waals surface area (Å²) in [6, 6.07) is 13.5. The van der Waals surface area contributed by atoms with Gasteiger partial charge in [-0.15, -0.1) is 0 Å². The molecule has 0 radical (unpaired) electrons. The first-order valence-electron chi connectivity index (χ1n) is 12.1. The molecule has 1 aromatic heterocycles. The zero-order chi connectivity index (χ0) is 31.4. The fraction of sp³-hybridized carbons (Fsp3) is 0.240. The highest BCUT2D eigenvalue weighted by molar-refractivity contribution is 7.59. The lowest BCUT2D eigenvalue weighted by Crippen LogP contribution is -2.38. The van der Waals surface area contributed by atoms with Crippen LogP contribution in [0.15, 0.2) is 70.4 Å². The number of ether oxygens (including phenoxy) is 1. The Hall–Kier alpha value is -3.71. The highest BCUT2D eigenvalue weighted by Gasteiger charge is 2.45. The van der Waals surface area contributed by atoms with Crippen LogP contribution in [0.4, 0.5) is 0 Å². The maximum atomic E-state index is 12.4. The molecule has 0 amide bonds. The third kappa shape index (κ3) is 8.44. The molecule has 3 unspecified atom stereocenters. The fourth-order valence-electron chi connectivity index (χ4n) is 3.80. The average molecular weight is 636 g/mol. The smallest absolute Gasteiger partial charge is 0.335 e. The standard InChI is InChI=1S/C25H24N2O14P2/c28-20-19(14-39-43(36,37)41-42(34,35)38-13-16-7-4-8-17(11-16)24(31)32)40-23(21(20)29)27-12-18(22(30)26-25(27)33)10-9-15-5-2-1-3-6-15/h1-8,11-12,19-21,23,28-29H,13-14H2,(H,31,32)(H,34,35)(H,36,37)(H,26,30,33)/p-2/t19-,20?,21+,23-/m1/s1. The Morgan fingerprint density at radius 3 is 2.40 bits per heavy atom. The number of aromatic nitrogens is 2. The van der Waals surface area contributed by atoms with Crippen molar-refractivity contribution in [2.75, 3.05) is 6.61 Å². The highest BCUT2D eigenvalue weighted by atomic mass is 31.3. The maximum Gasteiger partial charge on any atom is 0.335 e. The van der Waals surface area contributed by atoms with Crippen LogP contribution in [0.2, 0.25) is 0 Å². The van der Waals surface area contributed by atoms with Gasteiger partial charge in [0.05, 0.1) is 18.8 Å². The normalized spacial score (nSPS) is 22.6. The average Bonchev–Trinajstić information content (AvgIpc) is 3.23. The van der Waals surface area contributed by atoms with Crippen molar-refractivity contribution in [3.8, 4) is 11.8 Å². The number of aromatic carboxylic acids is 1. The number of aliphatic hydroxyl groups is 2. The zero-order valence-electron chi connectivity index (χ0n) is 21.7. The topological polar surface area (TPSA) is 250 Å². The van der Waals surface area contributed by atoms with E-state index in [1.807, 2.05) is 4.98 Å². The Balaban J connectivity index is 1.40. The van der Waals surface area contributed by atoms with Gasteiger partial charge < -0.3 is 38.9 Å². The minimum absolute atomic E-state index is 0.0791. The summed E-state index contributed by atoms with van der Waals surface area (Å²) in [4.78, 5) is 61.9. The van der Waals surface area contributed by atoms with Gasteiger partial charge in [-0.3, -0.25) is 23.5 Å². The molecular weight excluding hydrogens is 614 g/mol. The van der Waals surface area contributed by atoms with Crippen LogP contribution < -0.4 is 21.0 Å². The fourth-order valence-corrected chi connectivity index (χ4v) is 5.80. The van der Waals surface area contributed by atoms with Crippen LogP contribution in [0.3, 0.4) is 0 Å². The van der Waals surface area contributed by atoms with E-state index in [-0.39, 0.29) is 16.7 Å². The van der Waals surface area contributed by atoms with Crippen LogP contribution >= 0.6 is 15.6 Å². The van der Waals surface area contributed by atoms with Crippen LogP contribution in [0.25, 0.3) is 0 Å². The Labute approximate surface area is 241 Å². The SMILES string of the molecule is O=C(O)c1cccc(COP(=O)([O-])OP(=O)([O-])OC[C@H]2O[C@@H](n3cc(C#Cc4ccccc4)c(=O)[nH]c3=O)[C@@H](O)C2O)c1. The van der Waals surface area contributed by atoms with Crippen molar-refractivity contribution in [1.29, 1.82) is 0 Å². The number of hydrogen-bond acceptors (Lipinski definition) is 13. The van der Waals surface area contributed by atoms with Crippen molar-refractivity contribution in [1.82, 2.24) is 9.55 Å². The first-order chi connectivity index (χ1) is 20.2. The van der Waals surface area contributed by atoms with E-state index in [0.717, 1.165) is 16.8 Å². The van der Waals surface area contributed by atoms with E-state index in [1.165, 1.54) is 18.2 Å². The number of hydrogen-bond donors (Lipinski definition) is 4. The van der Waals surface area contributed by atoms with E-state index < -0.39 is 70.6 Å². The minimum atomic E-state index is -5.66. The lowest BCUT2D eigenvalue weighted by Gasteiger charge is -2.31. The first-order valence-corrected chi connectivity index (χ1v) is 15.1. The molecule has 1 aliphatic rings. The highest BCUT2D eigenvalue weighted by Crippen LogP contribution is 2.56. The number of phosphoric acid groups is 2. The maximum absolute atomic E-state index is 12.4. The second-order valence-electron chi connectivity index (χ2n) is 8.92. The number of carboxylic acid groups (broad SMARTS) is 1. The molecule has 4 N–H and O–H groups in total. The quantitative estimate of drug-likeness (QED) is 0.161. The predicted octanol–water partition coefficient (Wildman–Crippen LogP) is -0.559. The molecule has 2 aromatic carbocycles. The van der Waals surface area contributed by atoms with Gasteiger partial charge in [0, 0.05) is 11.8 Å². The van der Waals surface area contributed by atoms with Crippen LogP contribution in [0.1, 0.15) is 33.3 Å². The molecule has 2 heterocycles. The van der Waals surface area contributed by atoms with Gasteiger partial charge in [0.1, 0.15) is 23.9 Å². The molecule has 3 aromatic rings. The Kier molecular flexibility index (Phi) is 9.96. The van der Waals surface area contributed by atoms with Gasteiger partial charge in [0.25, 0.3) is 21.2 Å². The lowest BCUT2D eigenvalue weighted by molar-refractivity contribution is -0.246. The van der Waals surface area contributed by atoms with Crippen molar-refractivity contribution in [2.24, 2.45) is 0 Å². The van der Waals surface area contributed by atoms with Crippen LogP contribution in [-0.2, 0) is 33.8 Å². The van der Waals surface area contributed by atoms with Crippen LogP contribution in [-0.4, -0.2) is 55.8 Å². The Morgan fingerprint density at radius 1 is 1.00 bits per heavy atom. The number of rotatable bonds is 10. The molecule has 1 aliphatic heterocycles. The van der Waals surface area contributed by atoms with E-state index in [9.17, 15) is 43.5 Å². The summed E-state index contributed by atoms with van der Waals surface area (Å²) in [6.45, 7) is -1.82. The number of H-pyrrole nitrogens is 1. The molecule has 1 saturated heterocycles. The molecule has 18 heteroatoms. The van der Waals surface area contributed by atoms with Gasteiger partial charge in [-0.25, -0.2) is 13.9 Å². The molecule has 4 rings (SSSR count). The van der Waals surface area contributed by atoms with E-state index in [0.29, 0.717) is 5.56 Å². The molecular formula is C25H22N2O14P2-2. The van der Waals surface area contributed by atoms with E-state index in [4.69, 9.17) is 9.84 Å². The first kappa shape index (κ1) is 32.2. The van der Waals surface area contributed by atoms with Gasteiger partial charge in [-0.1, -0.05) is 42.2 Å². The van der Waals surface area contributed by atoms with Crippen molar-refractivity contribution < 1.29 is 57.1 Å². The molecule has 0 saturated carbocycles. The monoisotopic (exact) mass is 636 g/mol. The molecule has 0 bridgehead atoms. The number of carbonyl (C=O) groups is 1. The molecule has 0 spiro atoms. The second kappa shape index (κ2) is 13.3. The number of phosphoric ester groups is 2. The van der Waals surface area contributed by atoms with E-state index in [1.54, 1.807) is 30.3 Å². The van der Waals surface area contributed by atoms with Crippen LogP contribution in [0.5, 0.6) is 0 Å². The van der Waals surface area contributed by atoms with Crippen LogP contribution in [0, 0.1) is 11.8 Å². The number of aromatic amines is 1. The van der Waals surface area contributed by atoms with Crippen molar-refractivity contribution >= 4 is 21.6 Å². The second-order valence-corrected chi connectivity index (χ2v) is 11.9. The Morgan fingerprint density at radius 2 is 1.70 bits per heavy atom. The predicted molar refractivity (Wildman–Crippen MR) is 140 cm³/mol. The summed E-state index contributed by atoms with van der Waals surface area (Å²) in [5.74, 6) is 4.03. The van der Waals surface area contributed by atoms with Gasteiger partial charge >= 0.3 is 11.7 Å². The molecule has 6 atom stereocenters. The van der Waals surface area contributed by atoms with E-state index in [2.05, 4.69) is 25.2 Å². The summed E-state index contributed by atoms with van der Waals surface area (Å²) >= 11 is 0. The Bertz CT molecular complexity index is 1760. The summed E-state index contributed by atoms with van der Waals surface area (Å²) in [7, 11) is -11.2. The molecule has 0 aliphatic carbocycles. The van der Waals surface area contributed by atoms with Gasteiger partial charge in [-0.2, -0.15) is 0 Å². The minimum Gasteiger partial charge on any atom is -0.756 e. The molecule has 1 fully saturated rings. The largest absolute Gasteiger partial charge is 0.756 e. The van der Waals surface area contributed by atoms with Crippen molar-refractivity contribution in [3.05, 3.63) is 104 Å². The third-order valence-corrected chi connectivity index (χ3v) is 8.37. The number of nitrogens with zero attached hydrogens (tertiary/aromatic N) is 1. The summed E-state index contributed by atoms with van der Waals surface area (Å²) in [5.41, 5.74) is -1.59. The number of benzene rings is 2. The van der Waals surface area contributed by atoms with Crippen molar-refractivity contribution in [2.45, 2.75) is 31.1 Å². The zero-order valence-corrected chi connectivity index (χ0v) is 23.5. The third-order valence-electron chi connectivity index (χ3n) is 5.85. The lowest BCUT2D eigenvalue weighted by atomic mass is 10.1. The summed E-state index contributed by atoms with van der Waals surface area (Å²) in [6.07, 6.45) is -5.92. The summed E-state index contributed by atoms with van der Waals surface area (Å²) < 4.78 is 43.3. The molecule has 43 heavy (non-hydrogen) atoms. The number of aliphatic hydroxyl groups excluding tert-OH is 2. The van der Waals surface area contributed by atoms with Gasteiger partial charge in [0.2, 0.25) is 0 Å². The van der Waals surface area contributed by atoms with Gasteiger partial charge in [0.15, 0.2) is 6.23 Å². The summed E-state index contributed by atoms with van der Waals surface area (Å²) in [5, 5.41) is 29.8. The molecule has 228 valence electrons. The number of nitrogens with one attached hydrogen (secondary N) is 1. The molecule has 16 nitrogen and oxygen atoms in total.